The van der Waals surface area contributed by atoms with Gasteiger partial charge in [0.2, 0.25) is 0 Å². The fourth-order valence-corrected chi connectivity index (χ4v) is 3.02. The molecule has 0 saturated heterocycles. The first kappa shape index (κ1) is 13.6. The van der Waals surface area contributed by atoms with Gasteiger partial charge in [-0.05, 0) is 42.8 Å². The number of aromatic nitrogens is 1. The molecule has 0 aliphatic heterocycles. The molecule has 1 N–H and O–H groups in total. The fourth-order valence-electron chi connectivity index (χ4n) is 2.20. The third kappa shape index (κ3) is 3.19. The Morgan fingerprint density at radius 3 is 2.85 bits per heavy atom. The van der Waals surface area contributed by atoms with E-state index in [2.05, 4.69) is 58.8 Å². The van der Waals surface area contributed by atoms with E-state index in [4.69, 9.17) is 0 Å². The Labute approximate surface area is 124 Å². The summed E-state index contributed by atoms with van der Waals surface area (Å²) in [4.78, 5) is 8.19. The minimum absolute atomic E-state index is 0.359. The van der Waals surface area contributed by atoms with Crippen LogP contribution < -0.4 is 10.2 Å². The van der Waals surface area contributed by atoms with Gasteiger partial charge in [-0.15, -0.1) is 11.3 Å². The molecule has 20 heavy (non-hydrogen) atoms. The molecule has 1 aliphatic rings. The molecule has 1 saturated carbocycles. The van der Waals surface area contributed by atoms with Crippen LogP contribution in [0.25, 0.3) is 0 Å². The highest BCUT2D eigenvalue weighted by Gasteiger charge is 2.20. The number of hydrogen-bond donors (Lipinski definition) is 1. The van der Waals surface area contributed by atoms with Crippen LogP contribution in [0, 0.1) is 0 Å². The highest BCUT2D eigenvalue weighted by atomic mass is 32.1. The number of rotatable bonds is 6. The van der Waals surface area contributed by atoms with E-state index in [1.165, 1.54) is 23.3 Å². The van der Waals surface area contributed by atoms with E-state index in [1.807, 2.05) is 6.20 Å². The molecule has 3 rings (SSSR count). The number of anilines is 1. The van der Waals surface area contributed by atoms with Crippen molar-refractivity contribution in [1.82, 2.24) is 10.3 Å². The van der Waals surface area contributed by atoms with Crippen molar-refractivity contribution in [3.8, 4) is 0 Å². The second-order valence-electron chi connectivity index (χ2n) is 5.48. The molecule has 106 valence electrons. The van der Waals surface area contributed by atoms with Gasteiger partial charge in [0.05, 0.1) is 6.04 Å². The molecule has 2 aromatic heterocycles. The third-order valence-corrected chi connectivity index (χ3v) is 4.92. The SMILES string of the molecule is CC(c1cccs1)N(C)c1ccc(CNC2CC2)cn1. The monoisotopic (exact) mass is 287 g/mol. The zero-order valence-electron chi connectivity index (χ0n) is 12.0. The van der Waals surface area contributed by atoms with E-state index in [9.17, 15) is 0 Å². The van der Waals surface area contributed by atoms with Crippen LogP contribution in [-0.2, 0) is 6.54 Å². The van der Waals surface area contributed by atoms with E-state index in [0.717, 1.165) is 18.4 Å². The second kappa shape index (κ2) is 5.94. The van der Waals surface area contributed by atoms with Gasteiger partial charge in [-0.1, -0.05) is 12.1 Å². The molecule has 1 fully saturated rings. The van der Waals surface area contributed by atoms with Gasteiger partial charge in [0.25, 0.3) is 0 Å². The van der Waals surface area contributed by atoms with Gasteiger partial charge < -0.3 is 10.2 Å². The Morgan fingerprint density at radius 1 is 1.40 bits per heavy atom. The summed E-state index contributed by atoms with van der Waals surface area (Å²) in [6.07, 6.45) is 4.64. The van der Waals surface area contributed by atoms with Crippen LogP contribution in [0.2, 0.25) is 0 Å². The van der Waals surface area contributed by atoms with Crippen molar-refractivity contribution < 1.29 is 0 Å². The van der Waals surface area contributed by atoms with Crippen LogP contribution in [-0.4, -0.2) is 18.1 Å². The molecule has 4 heteroatoms. The summed E-state index contributed by atoms with van der Waals surface area (Å²) in [5.41, 5.74) is 1.26. The lowest BCUT2D eigenvalue weighted by molar-refractivity contribution is 0.684. The van der Waals surface area contributed by atoms with Crippen molar-refractivity contribution >= 4 is 17.2 Å². The number of pyridine rings is 1. The number of thiophene rings is 1. The average Bonchev–Trinajstić information content (AvgIpc) is 3.16. The molecular formula is C16H21N3S. The predicted octanol–water partition coefficient (Wildman–Crippen LogP) is 3.59. The lowest BCUT2D eigenvalue weighted by Crippen LogP contribution is -2.22. The molecule has 0 amide bonds. The molecule has 0 aromatic carbocycles. The van der Waals surface area contributed by atoms with Gasteiger partial charge >= 0.3 is 0 Å². The maximum Gasteiger partial charge on any atom is 0.128 e. The highest BCUT2D eigenvalue weighted by molar-refractivity contribution is 7.10. The highest BCUT2D eigenvalue weighted by Crippen LogP contribution is 2.27. The molecule has 1 atom stereocenters. The molecular weight excluding hydrogens is 266 g/mol. The molecule has 2 heterocycles. The van der Waals surface area contributed by atoms with E-state index in [-0.39, 0.29) is 0 Å². The quantitative estimate of drug-likeness (QED) is 0.880. The standard InChI is InChI=1S/C16H21N3S/c1-12(15-4-3-9-20-15)19(2)16-8-5-13(11-18-16)10-17-14-6-7-14/h3-5,8-9,11-12,14,17H,6-7,10H2,1-2H3. The summed E-state index contributed by atoms with van der Waals surface area (Å²) in [5.74, 6) is 1.03. The molecule has 1 aliphatic carbocycles. The summed E-state index contributed by atoms with van der Waals surface area (Å²) in [5, 5.41) is 5.64. The summed E-state index contributed by atoms with van der Waals surface area (Å²) < 4.78 is 0. The van der Waals surface area contributed by atoms with Crippen molar-refractivity contribution in [2.45, 2.75) is 38.4 Å². The second-order valence-corrected chi connectivity index (χ2v) is 6.46. The number of nitrogens with zero attached hydrogens (tertiary/aromatic N) is 2. The average molecular weight is 287 g/mol. The third-order valence-electron chi connectivity index (χ3n) is 3.88. The van der Waals surface area contributed by atoms with Crippen LogP contribution in [0.4, 0.5) is 5.82 Å². The summed E-state index contributed by atoms with van der Waals surface area (Å²) >= 11 is 1.80. The van der Waals surface area contributed by atoms with Gasteiger partial charge in [-0.3, -0.25) is 0 Å². The van der Waals surface area contributed by atoms with Crippen molar-refractivity contribution in [3.63, 3.8) is 0 Å². The summed E-state index contributed by atoms with van der Waals surface area (Å²) in [6.45, 7) is 3.15. The van der Waals surface area contributed by atoms with Crippen LogP contribution >= 0.6 is 11.3 Å². The van der Waals surface area contributed by atoms with Gasteiger partial charge in [0.15, 0.2) is 0 Å². The minimum Gasteiger partial charge on any atom is -0.352 e. The number of nitrogens with one attached hydrogen (secondary N) is 1. The Morgan fingerprint density at radius 2 is 2.25 bits per heavy atom. The first-order valence-electron chi connectivity index (χ1n) is 7.18. The molecule has 0 radical (unpaired) electrons. The maximum absolute atomic E-state index is 4.60. The van der Waals surface area contributed by atoms with Crippen LogP contribution in [0.5, 0.6) is 0 Å². The summed E-state index contributed by atoms with van der Waals surface area (Å²) in [7, 11) is 2.11. The Bertz CT molecular complexity index is 531. The molecule has 2 aromatic rings. The van der Waals surface area contributed by atoms with E-state index in [1.54, 1.807) is 11.3 Å². The Balaban J connectivity index is 1.63. The first-order valence-corrected chi connectivity index (χ1v) is 8.06. The molecule has 0 spiro atoms. The van der Waals surface area contributed by atoms with Gasteiger partial charge in [0, 0.05) is 30.7 Å². The largest absolute Gasteiger partial charge is 0.352 e. The van der Waals surface area contributed by atoms with Gasteiger partial charge in [0.1, 0.15) is 5.82 Å². The van der Waals surface area contributed by atoms with E-state index >= 15 is 0 Å². The van der Waals surface area contributed by atoms with Crippen LogP contribution in [0.3, 0.4) is 0 Å². The Hall–Kier alpha value is -1.39. The lowest BCUT2D eigenvalue weighted by Gasteiger charge is -2.25. The minimum atomic E-state index is 0.359. The van der Waals surface area contributed by atoms with Crippen molar-refractivity contribution in [1.29, 1.82) is 0 Å². The number of hydrogen-bond acceptors (Lipinski definition) is 4. The van der Waals surface area contributed by atoms with E-state index in [0.29, 0.717) is 6.04 Å². The molecule has 1 unspecified atom stereocenters. The lowest BCUT2D eigenvalue weighted by atomic mass is 10.2. The smallest absolute Gasteiger partial charge is 0.128 e. The zero-order valence-corrected chi connectivity index (χ0v) is 12.9. The zero-order chi connectivity index (χ0) is 13.9. The predicted molar refractivity (Wildman–Crippen MR) is 85.2 cm³/mol. The van der Waals surface area contributed by atoms with Crippen molar-refractivity contribution in [2.75, 3.05) is 11.9 Å². The van der Waals surface area contributed by atoms with Crippen molar-refractivity contribution in [3.05, 3.63) is 46.3 Å². The normalized spacial score (nSPS) is 16.1. The van der Waals surface area contributed by atoms with E-state index < -0.39 is 0 Å². The van der Waals surface area contributed by atoms with Crippen molar-refractivity contribution in [2.24, 2.45) is 0 Å². The molecule has 3 nitrogen and oxygen atoms in total. The topological polar surface area (TPSA) is 28.2 Å². The summed E-state index contributed by atoms with van der Waals surface area (Å²) in [6, 6.07) is 9.68. The Kier molecular flexibility index (Phi) is 4.03. The van der Waals surface area contributed by atoms with Gasteiger partial charge in [-0.2, -0.15) is 0 Å². The van der Waals surface area contributed by atoms with Crippen LogP contribution in [0.15, 0.2) is 35.8 Å². The maximum atomic E-state index is 4.60. The first-order chi connectivity index (χ1) is 9.74. The fraction of sp³-hybridized carbons (Fsp3) is 0.438. The molecule has 0 bridgehead atoms. The van der Waals surface area contributed by atoms with Gasteiger partial charge in [-0.25, -0.2) is 4.98 Å². The van der Waals surface area contributed by atoms with Crippen LogP contribution in [0.1, 0.15) is 36.2 Å².